The third-order valence-electron chi connectivity index (χ3n) is 2.28. The summed E-state index contributed by atoms with van der Waals surface area (Å²) in [5, 5.41) is 7.39. The third kappa shape index (κ3) is 4.32. The van der Waals surface area contributed by atoms with Crippen molar-refractivity contribution in [1.82, 2.24) is 15.1 Å². The molecule has 0 aliphatic carbocycles. The summed E-state index contributed by atoms with van der Waals surface area (Å²) in [6.07, 6.45) is 1.25. The molecule has 0 saturated heterocycles. The van der Waals surface area contributed by atoms with Crippen molar-refractivity contribution >= 4 is 9.84 Å². The van der Waals surface area contributed by atoms with Crippen LogP contribution >= 0.6 is 0 Å². The molecule has 6 heteroatoms. The predicted molar refractivity (Wildman–Crippen MR) is 64.0 cm³/mol. The van der Waals surface area contributed by atoms with Crippen molar-refractivity contribution in [2.75, 3.05) is 12.0 Å². The maximum Gasteiger partial charge on any atom is 0.148 e. The van der Waals surface area contributed by atoms with E-state index in [0.29, 0.717) is 6.54 Å². The molecule has 0 amide bonds. The molecule has 1 atom stereocenters. The van der Waals surface area contributed by atoms with E-state index in [-0.39, 0.29) is 11.8 Å². The van der Waals surface area contributed by atoms with Crippen LogP contribution in [-0.2, 0) is 23.4 Å². The van der Waals surface area contributed by atoms with Gasteiger partial charge in [-0.1, -0.05) is 0 Å². The summed E-state index contributed by atoms with van der Waals surface area (Å²) < 4.78 is 23.9. The van der Waals surface area contributed by atoms with Gasteiger partial charge in [0.1, 0.15) is 9.84 Å². The summed E-state index contributed by atoms with van der Waals surface area (Å²) in [5.74, 6) is 0.157. The number of hydrogen-bond donors (Lipinski definition) is 1. The number of aryl methyl sites for hydroxylation is 2. The van der Waals surface area contributed by atoms with E-state index in [1.807, 2.05) is 27.0 Å². The second-order valence-electron chi connectivity index (χ2n) is 4.28. The average Bonchev–Trinajstić information content (AvgIpc) is 2.38. The molecule has 1 heterocycles. The van der Waals surface area contributed by atoms with Gasteiger partial charge in [-0.05, 0) is 19.9 Å². The van der Waals surface area contributed by atoms with E-state index in [1.54, 1.807) is 4.68 Å². The summed E-state index contributed by atoms with van der Waals surface area (Å²) in [4.78, 5) is 0. The number of hydrogen-bond acceptors (Lipinski definition) is 4. The summed E-state index contributed by atoms with van der Waals surface area (Å²) in [6.45, 7) is 4.43. The standard InChI is InChI=1S/C10H19N3O2S/c1-8-5-10(13(3)12-8)6-11-9(2)7-16(4,14)15/h5,9,11H,6-7H2,1-4H3. The van der Waals surface area contributed by atoms with Crippen molar-refractivity contribution in [1.29, 1.82) is 0 Å². The van der Waals surface area contributed by atoms with Gasteiger partial charge in [-0.2, -0.15) is 5.10 Å². The summed E-state index contributed by atoms with van der Waals surface area (Å²) >= 11 is 0. The van der Waals surface area contributed by atoms with Gasteiger partial charge in [0.05, 0.1) is 17.1 Å². The summed E-state index contributed by atoms with van der Waals surface area (Å²) in [5.41, 5.74) is 2.02. The first-order chi connectivity index (χ1) is 7.28. The molecule has 1 N–H and O–H groups in total. The number of nitrogens with zero attached hydrogens (tertiary/aromatic N) is 2. The lowest BCUT2D eigenvalue weighted by molar-refractivity contribution is 0.544. The highest BCUT2D eigenvalue weighted by Crippen LogP contribution is 2.02. The monoisotopic (exact) mass is 245 g/mol. The smallest absolute Gasteiger partial charge is 0.148 e. The zero-order valence-corrected chi connectivity index (χ0v) is 11.0. The lowest BCUT2D eigenvalue weighted by atomic mass is 10.3. The minimum Gasteiger partial charge on any atom is -0.308 e. The Morgan fingerprint density at radius 2 is 2.19 bits per heavy atom. The fourth-order valence-electron chi connectivity index (χ4n) is 1.62. The molecule has 0 aromatic carbocycles. The summed E-state index contributed by atoms with van der Waals surface area (Å²) in [6, 6.07) is 1.94. The summed E-state index contributed by atoms with van der Waals surface area (Å²) in [7, 11) is -1.04. The molecule has 5 nitrogen and oxygen atoms in total. The Labute approximate surface area is 96.8 Å². The van der Waals surface area contributed by atoms with Crippen molar-refractivity contribution in [3.63, 3.8) is 0 Å². The Morgan fingerprint density at radius 1 is 1.56 bits per heavy atom. The van der Waals surface area contributed by atoms with Crippen LogP contribution in [0.2, 0.25) is 0 Å². The van der Waals surface area contributed by atoms with Crippen LogP contribution in [0.15, 0.2) is 6.07 Å². The Hall–Kier alpha value is -0.880. The van der Waals surface area contributed by atoms with Crippen LogP contribution in [0.1, 0.15) is 18.3 Å². The Bertz CT molecular complexity index is 451. The largest absolute Gasteiger partial charge is 0.308 e. The fraction of sp³-hybridized carbons (Fsp3) is 0.700. The van der Waals surface area contributed by atoms with Crippen molar-refractivity contribution in [3.8, 4) is 0 Å². The molecule has 1 unspecified atom stereocenters. The molecule has 1 aromatic heterocycles. The average molecular weight is 245 g/mol. The van der Waals surface area contributed by atoms with Gasteiger partial charge in [0, 0.05) is 25.9 Å². The van der Waals surface area contributed by atoms with Crippen LogP contribution in [0.3, 0.4) is 0 Å². The van der Waals surface area contributed by atoms with Gasteiger partial charge >= 0.3 is 0 Å². The van der Waals surface area contributed by atoms with Crippen molar-refractivity contribution < 1.29 is 8.42 Å². The van der Waals surface area contributed by atoms with E-state index >= 15 is 0 Å². The topological polar surface area (TPSA) is 64.0 Å². The molecule has 0 saturated carbocycles. The van der Waals surface area contributed by atoms with Gasteiger partial charge in [-0.15, -0.1) is 0 Å². The maximum absolute atomic E-state index is 11.1. The zero-order chi connectivity index (χ0) is 12.3. The second kappa shape index (κ2) is 4.97. The number of aromatic nitrogens is 2. The van der Waals surface area contributed by atoms with Crippen LogP contribution in [0.25, 0.3) is 0 Å². The van der Waals surface area contributed by atoms with Gasteiger partial charge in [0.2, 0.25) is 0 Å². The molecular formula is C10H19N3O2S. The molecule has 1 rings (SSSR count). The van der Waals surface area contributed by atoms with E-state index < -0.39 is 9.84 Å². The van der Waals surface area contributed by atoms with Crippen LogP contribution in [-0.4, -0.2) is 36.2 Å². The van der Waals surface area contributed by atoms with E-state index in [2.05, 4.69) is 10.4 Å². The zero-order valence-electron chi connectivity index (χ0n) is 10.2. The molecule has 0 aliphatic heterocycles. The number of nitrogens with one attached hydrogen (secondary N) is 1. The van der Waals surface area contributed by atoms with Crippen molar-refractivity contribution in [3.05, 3.63) is 17.5 Å². The third-order valence-corrected chi connectivity index (χ3v) is 3.39. The minimum atomic E-state index is -2.92. The number of rotatable bonds is 5. The quantitative estimate of drug-likeness (QED) is 0.808. The fourth-order valence-corrected chi connectivity index (χ4v) is 2.65. The molecule has 0 fully saturated rings. The van der Waals surface area contributed by atoms with Crippen LogP contribution in [0.5, 0.6) is 0 Å². The van der Waals surface area contributed by atoms with Crippen LogP contribution in [0.4, 0.5) is 0 Å². The number of sulfone groups is 1. The van der Waals surface area contributed by atoms with Crippen molar-refractivity contribution in [2.45, 2.75) is 26.4 Å². The molecule has 0 spiro atoms. The molecule has 16 heavy (non-hydrogen) atoms. The molecular weight excluding hydrogens is 226 g/mol. The normalized spacial score (nSPS) is 14.0. The van der Waals surface area contributed by atoms with Gasteiger partial charge in [-0.3, -0.25) is 4.68 Å². The minimum absolute atomic E-state index is 0.0507. The van der Waals surface area contributed by atoms with Gasteiger partial charge in [0.25, 0.3) is 0 Å². The molecule has 1 aromatic rings. The van der Waals surface area contributed by atoms with Gasteiger partial charge < -0.3 is 5.32 Å². The highest BCUT2D eigenvalue weighted by molar-refractivity contribution is 7.90. The van der Waals surface area contributed by atoms with Gasteiger partial charge in [0.15, 0.2) is 0 Å². The van der Waals surface area contributed by atoms with Crippen LogP contribution in [0, 0.1) is 6.92 Å². The Kier molecular flexibility index (Phi) is 4.09. The lowest BCUT2D eigenvalue weighted by Gasteiger charge is -2.12. The highest BCUT2D eigenvalue weighted by Gasteiger charge is 2.10. The van der Waals surface area contributed by atoms with Crippen molar-refractivity contribution in [2.24, 2.45) is 7.05 Å². The Morgan fingerprint density at radius 3 is 2.62 bits per heavy atom. The highest BCUT2D eigenvalue weighted by atomic mass is 32.2. The SMILES string of the molecule is Cc1cc(CNC(C)CS(C)(=O)=O)n(C)n1. The first kappa shape index (κ1) is 13.2. The van der Waals surface area contributed by atoms with E-state index in [9.17, 15) is 8.42 Å². The molecule has 0 aliphatic rings. The molecule has 92 valence electrons. The predicted octanol–water partition coefficient (Wildman–Crippen LogP) is 0.251. The second-order valence-corrected chi connectivity index (χ2v) is 6.46. The van der Waals surface area contributed by atoms with Crippen LogP contribution < -0.4 is 5.32 Å². The van der Waals surface area contributed by atoms with Gasteiger partial charge in [-0.25, -0.2) is 8.42 Å². The first-order valence-electron chi connectivity index (χ1n) is 5.18. The molecule has 0 bridgehead atoms. The van der Waals surface area contributed by atoms with E-state index in [4.69, 9.17) is 0 Å². The van der Waals surface area contributed by atoms with E-state index in [1.165, 1.54) is 6.26 Å². The lowest BCUT2D eigenvalue weighted by Crippen LogP contribution is -2.32. The van der Waals surface area contributed by atoms with E-state index in [0.717, 1.165) is 11.4 Å². The first-order valence-corrected chi connectivity index (χ1v) is 7.24. The molecule has 0 radical (unpaired) electrons. The Balaban J connectivity index is 2.49. The maximum atomic E-state index is 11.1.